The number of nitrogens with one attached hydrogen (secondary N) is 1. The molecule has 1 amide bonds. The molecule has 0 spiro atoms. The average Bonchev–Trinajstić information content (AvgIpc) is 3.20. The van der Waals surface area contributed by atoms with Crippen molar-refractivity contribution < 1.29 is 27.4 Å². The normalized spacial score (nSPS) is 37.6. The highest BCUT2D eigenvalue weighted by molar-refractivity contribution is 7.85. The Balaban J connectivity index is 1.20. The van der Waals surface area contributed by atoms with Crippen LogP contribution >= 0.6 is 0 Å². The van der Waals surface area contributed by atoms with Gasteiger partial charge in [-0.1, -0.05) is 33.6 Å². The van der Waals surface area contributed by atoms with Crippen LogP contribution in [0.15, 0.2) is 0 Å². The molecule has 8 heteroatoms. The smallest absolute Gasteiger partial charge is 0.267 e. The second kappa shape index (κ2) is 12.5. The number of fused-ring (bicyclic) bond motifs is 5. The summed E-state index contributed by atoms with van der Waals surface area (Å²) in [5.74, 6) is 4.50. The molecule has 4 aliphatic rings. The zero-order valence-corrected chi connectivity index (χ0v) is 26.9. The van der Waals surface area contributed by atoms with Crippen molar-refractivity contribution in [2.24, 2.45) is 46.3 Å². The summed E-state index contributed by atoms with van der Waals surface area (Å²) < 4.78 is 31.4. The maximum Gasteiger partial charge on any atom is 0.267 e. The van der Waals surface area contributed by atoms with Crippen molar-refractivity contribution in [3.05, 3.63) is 0 Å². The van der Waals surface area contributed by atoms with Gasteiger partial charge in [0.2, 0.25) is 5.91 Å². The van der Waals surface area contributed by atoms with Crippen LogP contribution in [0.2, 0.25) is 0 Å². The Labute approximate surface area is 244 Å². The first-order valence-electron chi connectivity index (χ1n) is 16.4. The molecule has 0 bridgehead atoms. The first kappa shape index (κ1) is 32.2. The van der Waals surface area contributed by atoms with Crippen molar-refractivity contribution in [2.45, 2.75) is 110 Å². The highest BCUT2D eigenvalue weighted by Crippen LogP contribution is 2.68. The minimum absolute atomic E-state index is 0.121. The number of carbonyl (C=O) groups excluding carboxylic acids is 1. The number of amides is 1. The molecule has 232 valence electrons. The number of quaternary nitrogens is 1. The predicted octanol–water partition coefficient (Wildman–Crippen LogP) is 5.28. The van der Waals surface area contributed by atoms with Gasteiger partial charge in [-0.05, 0) is 104 Å². The molecular weight excluding hydrogens is 524 g/mol. The summed E-state index contributed by atoms with van der Waals surface area (Å²) >= 11 is 0. The van der Waals surface area contributed by atoms with Gasteiger partial charge < -0.3 is 14.9 Å². The van der Waals surface area contributed by atoms with Crippen LogP contribution in [0.4, 0.5) is 0 Å². The van der Waals surface area contributed by atoms with Crippen molar-refractivity contribution in [1.29, 1.82) is 0 Å². The van der Waals surface area contributed by atoms with Crippen LogP contribution in [0.5, 0.6) is 0 Å². The second-order valence-corrected chi connectivity index (χ2v) is 17.1. The van der Waals surface area contributed by atoms with E-state index in [-0.39, 0.29) is 12.5 Å². The summed E-state index contributed by atoms with van der Waals surface area (Å²) in [5, 5.41) is 13.0. The highest BCUT2D eigenvalue weighted by atomic mass is 32.2. The molecule has 0 aromatic carbocycles. The number of aliphatic hydroxyl groups excluding tert-OH is 1. The van der Waals surface area contributed by atoms with Crippen LogP contribution in [0.3, 0.4) is 0 Å². The summed E-state index contributed by atoms with van der Waals surface area (Å²) in [6.07, 6.45) is 15.5. The summed E-state index contributed by atoms with van der Waals surface area (Å²) in [6.45, 7) is 9.18. The standard InChI is InChI=1S/C32H58N2O5S/c1-23(10-15-30(36)33-19-8-20-34(4,5)21-25(35)22-40(37,38)39)27-13-14-28-26-12-11-24-9-6-7-17-31(24,2)29(26)16-18-32(27,28)3/h23-29,35H,6-22H2,1-5H3,(H-,33,36,37,38,39)/p+1/t23-,24-,25+,26+,27-,28-,29+,31+,32-/m1/s1. The van der Waals surface area contributed by atoms with Gasteiger partial charge in [0.25, 0.3) is 10.1 Å². The van der Waals surface area contributed by atoms with Crippen molar-refractivity contribution >= 4 is 16.0 Å². The van der Waals surface area contributed by atoms with E-state index < -0.39 is 22.0 Å². The lowest BCUT2D eigenvalue weighted by Gasteiger charge is -2.61. The van der Waals surface area contributed by atoms with E-state index in [9.17, 15) is 18.3 Å². The van der Waals surface area contributed by atoms with Gasteiger partial charge in [0, 0.05) is 19.4 Å². The van der Waals surface area contributed by atoms with E-state index in [0.717, 1.165) is 42.4 Å². The lowest BCUT2D eigenvalue weighted by atomic mass is 9.44. The van der Waals surface area contributed by atoms with Gasteiger partial charge in [-0.2, -0.15) is 8.42 Å². The number of rotatable bonds is 12. The lowest BCUT2D eigenvalue weighted by molar-refractivity contribution is -0.893. The van der Waals surface area contributed by atoms with Crippen LogP contribution in [-0.4, -0.2) is 74.1 Å². The fourth-order valence-corrected chi connectivity index (χ4v) is 11.2. The van der Waals surface area contributed by atoms with E-state index in [1.54, 1.807) is 0 Å². The number of aliphatic hydroxyl groups is 1. The summed E-state index contributed by atoms with van der Waals surface area (Å²) in [7, 11) is -0.357. The molecule has 0 aliphatic heterocycles. The Morgan fingerprint density at radius 2 is 1.73 bits per heavy atom. The number of likely N-dealkylation sites (N-methyl/N-ethyl adjacent to an activating group) is 1. The molecule has 4 aliphatic carbocycles. The third kappa shape index (κ3) is 7.26. The molecule has 9 atom stereocenters. The highest BCUT2D eigenvalue weighted by Gasteiger charge is 2.60. The van der Waals surface area contributed by atoms with E-state index in [1.165, 1.54) is 64.2 Å². The molecule has 0 aromatic heterocycles. The van der Waals surface area contributed by atoms with Crippen molar-refractivity contribution in [2.75, 3.05) is 39.5 Å². The fourth-order valence-electron chi connectivity index (χ4n) is 10.6. The molecule has 4 saturated carbocycles. The van der Waals surface area contributed by atoms with Gasteiger partial charge in [-0.15, -0.1) is 0 Å². The van der Waals surface area contributed by atoms with Crippen molar-refractivity contribution in [1.82, 2.24) is 5.32 Å². The van der Waals surface area contributed by atoms with E-state index >= 15 is 0 Å². The van der Waals surface area contributed by atoms with Gasteiger partial charge in [-0.25, -0.2) is 0 Å². The van der Waals surface area contributed by atoms with E-state index in [1.807, 2.05) is 14.1 Å². The van der Waals surface area contributed by atoms with Crippen LogP contribution < -0.4 is 5.32 Å². The Kier molecular flexibility index (Phi) is 10.1. The predicted molar refractivity (Wildman–Crippen MR) is 160 cm³/mol. The Hall–Kier alpha value is -0.700. The maximum absolute atomic E-state index is 12.7. The average molecular weight is 584 g/mol. The molecule has 0 radical (unpaired) electrons. The van der Waals surface area contributed by atoms with Crippen molar-refractivity contribution in [3.8, 4) is 0 Å². The molecule has 0 aromatic rings. The first-order chi connectivity index (χ1) is 18.6. The third-order valence-corrected chi connectivity index (χ3v) is 13.3. The molecule has 40 heavy (non-hydrogen) atoms. The van der Waals surface area contributed by atoms with Gasteiger partial charge in [-0.3, -0.25) is 9.35 Å². The Morgan fingerprint density at radius 1 is 1.00 bits per heavy atom. The summed E-state index contributed by atoms with van der Waals surface area (Å²) in [6, 6.07) is 0. The molecule has 7 nitrogen and oxygen atoms in total. The summed E-state index contributed by atoms with van der Waals surface area (Å²) in [4.78, 5) is 12.7. The number of hydrogen-bond acceptors (Lipinski definition) is 4. The largest absolute Gasteiger partial charge is 0.386 e. The number of hydrogen-bond donors (Lipinski definition) is 3. The van der Waals surface area contributed by atoms with E-state index in [0.29, 0.717) is 40.7 Å². The molecule has 0 saturated heterocycles. The van der Waals surface area contributed by atoms with Crippen LogP contribution in [-0.2, 0) is 14.9 Å². The SMILES string of the molecule is C[C@H](CCC(=O)NCCC[N+](C)(C)C[C@H](O)CS(=O)(=O)O)[C@H]1CC[C@@H]2[C@@H]3CC[C@H]4CCCC[C@]4(C)[C@H]3CC[C@@]21C. The van der Waals surface area contributed by atoms with Crippen molar-refractivity contribution in [3.63, 3.8) is 0 Å². The molecule has 4 fully saturated rings. The third-order valence-electron chi connectivity index (χ3n) is 12.5. The van der Waals surface area contributed by atoms with Crippen LogP contribution in [0.1, 0.15) is 104 Å². The van der Waals surface area contributed by atoms with E-state index in [2.05, 4.69) is 26.1 Å². The number of nitrogens with zero attached hydrogens (tertiary/aromatic N) is 1. The van der Waals surface area contributed by atoms with E-state index in [4.69, 9.17) is 4.55 Å². The topological polar surface area (TPSA) is 104 Å². The lowest BCUT2D eigenvalue weighted by Crippen LogP contribution is -2.53. The van der Waals surface area contributed by atoms with Gasteiger partial charge in [0.1, 0.15) is 18.4 Å². The van der Waals surface area contributed by atoms with Gasteiger partial charge >= 0.3 is 0 Å². The second-order valence-electron chi connectivity index (χ2n) is 15.6. The maximum atomic E-state index is 12.7. The molecule has 0 unspecified atom stereocenters. The van der Waals surface area contributed by atoms with Crippen LogP contribution in [0.25, 0.3) is 0 Å². The monoisotopic (exact) mass is 583 g/mol. The molecule has 0 heterocycles. The zero-order chi connectivity index (χ0) is 29.3. The van der Waals surface area contributed by atoms with Crippen LogP contribution in [0, 0.1) is 46.3 Å². The molecule has 4 rings (SSSR count). The summed E-state index contributed by atoms with van der Waals surface area (Å²) in [5.41, 5.74) is 1.04. The Morgan fingerprint density at radius 3 is 2.45 bits per heavy atom. The minimum Gasteiger partial charge on any atom is -0.386 e. The quantitative estimate of drug-likeness (QED) is 0.165. The molecular formula is C32H59N2O5S+. The van der Waals surface area contributed by atoms with Gasteiger partial charge in [0.05, 0.1) is 20.6 Å². The first-order valence-corrected chi connectivity index (χ1v) is 18.0. The zero-order valence-electron chi connectivity index (χ0n) is 26.0. The minimum atomic E-state index is -4.19. The fraction of sp³-hybridized carbons (Fsp3) is 0.969. The Bertz CT molecular complexity index is 986. The van der Waals surface area contributed by atoms with Gasteiger partial charge in [0.15, 0.2) is 0 Å². The molecule has 3 N–H and O–H groups in total. The number of carbonyl (C=O) groups is 1.